The maximum atomic E-state index is 13.5. The second-order valence-corrected chi connectivity index (χ2v) is 11.7. The van der Waals surface area contributed by atoms with Crippen molar-refractivity contribution in [2.45, 2.75) is 24.2 Å². The van der Waals surface area contributed by atoms with Crippen LogP contribution in [-0.2, 0) is 10.0 Å². The number of alkyl halides is 2. The van der Waals surface area contributed by atoms with E-state index in [1.807, 2.05) is 48.5 Å². The van der Waals surface area contributed by atoms with Crippen LogP contribution in [0.15, 0.2) is 77.7 Å². The summed E-state index contributed by atoms with van der Waals surface area (Å²) in [7, 11) is -3.95. The summed E-state index contributed by atoms with van der Waals surface area (Å²) < 4.78 is 28.3. The zero-order valence-corrected chi connectivity index (χ0v) is 26.6. The van der Waals surface area contributed by atoms with Crippen molar-refractivity contribution in [3.05, 3.63) is 105 Å². The maximum Gasteiger partial charge on any atom is 0.269 e. The molecule has 0 unspecified atom stereocenters. The molecule has 9 heteroatoms. The number of halogens is 2. The fraction of sp³-hybridized carbons (Fsp3) is 0.212. The van der Waals surface area contributed by atoms with Gasteiger partial charge in [-0.2, -0.15) is 4.31 Å². The van der Waals surface area contributed by atoms with Gasteiger partial charge in [0.15, 0.2) is 0 Å². The van der Waals surface area contributed by atoms with Gasteiger partial charge in [-0.05, 0) is 49.2 Å². The summed E-state index contributed by atoms with van der Waals surface area (Å²) >= 11 is 6.59. The van der Waals surface area contributed by atoms with Crippen LogP contribution in [0.2, 0.25) is 0 Å². The van der Waals surface area contributed by atoms with E-state index < -0.39 is 14.9 Å². The van der Waals surface area contributed by atoms with Crippen molar-refractivity contribution >= 4 is 47.6 Å². The Morgan fingerprint density at radius 1 is 0.690 bits per heavy atom. The van der Waals surface area contributed by atoms with Gasteiger partial charge in [0.25, 0.3) is 5.69 Å². The molecule has 6 nitrogen and oxygen atoms in total. The fourth-order valence-electron chi connectivity index (χ4n) is 3.71. The maximum absolute atomic E-state index is 13.5. The number of benzene rings is 3. The van der Waals surface area contributed by atoms with Gasteiger partial charge >= 0.3 is 0 Å². The Balaban J connectivity index is 1.76. The largest absolute Gasteiger partial charge is 0.269 e. The summed E-state index contributed by atoms with van der Waals surface area (Å²) in [6, 6.07) is 20.0. The molecule has 0 aliphatic rings. The molecule has 0 spiro atoms. The zero-order valence-electron chi connectivity index (χ0n) is 22.6. The number of hydrogen-bond acceptors (Lipinski definition) is 4. The van der Waals surface area contributed by atoms with Gasteiger partial charge in [0, 0.05) is 47.4 Å². The lowest BCUT2D eigenvalue weighted by Gasteiger charge is -2.19. The first-order chi connectivity index (χ1) is 20.4. The van der Waals surface area contributed by atoms with Crippen LogP contribution in [-0.4, -0.2) is 41.4 Å². The third-order valence-electron chi connectivity index (χ3n) is 5.78. The van der Waals surface area contributed by atoms with E-state index in [0.29, 0.717) is 35.5 Å². The van der Waals surface area contributed by atoms with Gasteiger partial charge in [0.2, 0.25) is 10.0 Å². The number of non-ortho nitro benzene ring substituents is 1. The van der Waals surface area contributed by atoms with Crippen LogP contribution in [0, 0.1) is 57.5 Å². The molecule has 42 heavy (non-hydrogen) atoms. The molecule has 0 saturated heterocycles. The highest BCUT2D eigenvalue weighted by atomic mass is 79.9. The van der Waals surface area contributed by atoms with Crippen LogP contribution in [0.25, 0.3) is 0 Å². The summed E-state index contributed by atoms with van der Waals surface area (Å²) in [6.45, 7) is 0.166. The van der Waals surface area contributed by atoms with Crippen molar-refractivity contribution < 1.29 is 13.3 Å². The molecule has 0 N–H and O–H groups in total. The Morgan fingerprint density at radius 3 is 1.64 bits per heavy atom. The normalized spacial score (nSPS) is 10.2. The van der Waals surface area contributed by atoms with Gasteiger partial charge in [-0.3, -0.25) is 10.1 Å². The molecular weight excluding hydrogens is 680 g/mol. The molecule has 3 rings (SSSR count). The molecule has 0 bridgehead atoms. The number of nitro benzene ring substituents is 1. The highest BCUT2D eigenvalue weighted by Crippen LogP contribution is 2.20. The zero-order chi connectivity index (χ0) is 30.2. The first kappa shape index (κ1) is 32.7. The molecule has 0 heterocycles. The van der Waals surface area contributed by atoms with Crippen molar-refractivity contribution in [2.24, 2.45) is 0 Å². The molecule has 0 radical (unpaired) electrons. The highest BCUT2D eigenvalue weighted by Gasteiger charge is 2.24. The third kappa shape index (κ3) is 9.92. The Hall–Kier alpha value is -3.83. The van der Waals surface area contributed by atoms with Gasteiger partial charge in [-0.15, -0.1) is 0 Å². The highest BCUT2D eigenvalue weighted by molar-refractivity contribution is 9.09. The number of nitro groups is 1. The van der Waals surface area contributed by atoms with Crippen LogP contribution in [0.5, 0.6) is 0 Å². The van der Waals surface area contributed by atoms with Crippen molar-refractivity contribution in [1.29, 1.82) is 0 Å². The van der Waals surface area contributed by atoms with E-state index in [2.05, 4.69) is 79.2 Å². The minimum atomic E-state index is -3.95. The molecule has 0 aliphatic carbocycles. The molecule has 3 aromatic carbocycles. The number of sulfonamides is 1. The van der Waals surface area contributed by atoms with Crippen molar-refractivity contribution in [2.75, 3.05) is 23.7 Å². The summed E-state index contributed by atoms with van der Waals surface area (Å²) in [5, 5.41) is 12.1. The van der Waals surface area contributed by atoms with Gasteiger partial charge in [0.05, 0.1) is 27.0 Å². The molecule has 0 amide bonds. The third-order valence-corrected chi connectivity index (χ3v) is 8.20. The second-order valence-electron chi connectivity index (χ2n) is 8.61. The second kappa shape index (κ2) is 17.2. The monoisotopic (exact) mass is 704 g/mol. The number of unbranched alkanes of at least 4 members (excludes halogenated alkanes) is 2. The number of nitrogens with zero attached hydrogens (tertiary/aromatic N) is 2. The Kier molecular flexibility index (Phi) is 13.4. The van der Waals surface area contributed by atoms with E-state index in [-0.39, 0.29) is 23.7 Å². The smallest absolute Gasteiger partial charge is 0.258 e. The predicted octanol–water partition coefficient (Wildman–Crippen LogP) is 6.35. The van der Waals surface area contributed by atoms with Gasteiger partial charge in [0.1, 0.15) is 0 Å². The van der Waals surface area contributed by atoms with E-state index in [4.69, 9.17) is 0 Å². The van der Waals surface area contributed by atoms with Crippen LogP contribution < -0.4 is 0 Å². The summed E-state index contributed by atoms with van der Waals surface area (Å²) in [4.78, 5) is 10.4. The van der Waals surface area contributed by atoms with E-state index in [1.165, 1.54) is 28.6 Å². The Labute approximate surface area is 264 Å². The minimum Gasteiger partial charge on any atom is -0.258 e. The molecule has 0 fully saturated rings. The van der Waals surface area contributed by atoms with E-state index in [0.717, 1.165) is 16.7 Å². The van der Waals surface area contributed by atoms with Crippen LogP contribution >= 0.6 is 31.9 Å². The molecule has 212 valence electrons. The van der Waals surface area contributed by atoms with Gasteiger partial charge in [-0.25, -0.2) is 8.42 Å². The SMILES string of the molecule is O=[N+]([O-])c1ccc(S(=O)(=O)N(CC#Cc2ccccc2C#CCBr)CCCCC#Cc2ccccc2C#CCBr)cc1. The number of hydrogen-bond donors (Lipinski definition) is 0. The van der Waals surface area contributed by atoms with Crippen molar-refractivity contribution in [3.8, 4) is 47.4 Å². The predicted molar refractivity (Wildman–Crippen MR) is 174 cm³/mol. The van der Waals surface area contributed by atoms with Crippen molar-refractivity contribution in [1.82, 2.24) is 4.31 Å². The first-order valence-electron chi connectivity index (χ1n) is 12.9. The molecule has 0 aromatic heterocycles. The van der Waals surface area contributed by atoms with Gasteiger partial charge in [-0.1, -0.05) is 103 Å². The first-order valence-corrected chi connectivity index (χ1v) is 16.5. The summed E-state index contributed by atoms with van der Waals surface area (Å²) in [5.41, 5.74) is 3.00. The average molecular weight is 706 g/mol. The lowest BCUT2D eigenvalue weighted by Crippen LogP contribution is -2.32. The standard InChI is InChI=1S/C33H26Br2N2O4S/c34-24-9-17-29-14-5-4-13-28(29)12-3-1-2-8-26-36(42(40,41)33-22-20-32(21-23-33)37(38)39)27-11-19-31-16-7-6-15-30(31)18-10-25-35/h4-7,13-16,20-23H,1-2,8,24-27H2. The molecule has 3 aromatic rings. The summed E-state index contributed by atoms with van der Waals surface area (Å²) in [6.07, 6.45) is 1.81. The Morgan fingerprint density at radius 2 is 1.17 bits per heavy atom. The molecular formula is C33H26Br2N2O4S. The molecule has 0 aliphatic heterocycles. The minimum absolute atomic E-state index is 0.0283. The van der Waals surface area contributed by atoms with Crippen LogP contribution in [0.4, 0.5) is 5.69 Å². The average Bonchev–Trinajstić information content (AvgIpc) is 3.00. The topological polar surface area (TPSA) is 80.5 Å². The molecule has 0 saturated carbocycles. The van der Waals surface area contributed by atoms with Crippen LogP contribution in [0.1, 0.15) is 41.5 Å². The quantitative estimate of drug-likeness (QED) is 0.0900. The van der Waals surface area contributed by atoms with E-state index >= 15 is 0 Å². The molecule has 0 atom stereocenters. The lowest BCUT2D eigenvalue weighted by molar-refractivity contribution is -0.384. The van der Waals surface area contributed by atoms with Crippen molar-refractivity contribution in [3.63, 3.8) is 0 Å². The summed E-state index contributed by atoms with van der Waals surface area (Å²) in [5.74, 6) is 24.4. The van der Waals surface area contributed by atoms with Gasteiger partial charge < -0.3 is 0 Å². The van der Waals surface area contributed by atoms with E-state index in [9.17, 15) is 18.5 Å². The van der Waals surface area contributed by atoms with Crippen LogP contribution in [0.3, 0.4) is 0 Å². The fourth-order valence-corrected chi connectivity index (χ4v) is 5.38. The Bertz CT molecular complexity index is 1760. The number of rotatable bonds is 8. The lowest BCUT2D eigenvalue weighted by atomic mass is 10.1. The van der Waals surface area contributed by atoms with E-state index in [1.54, 1.807) is 0 Å².